The zero-order valence-electron chi connectivity index (χ0n) is 10.4. The third kappa shape index (κ3) is 3.04. The summed E-state index contributed by atoms with van der Waals surface area (Å²) >= 11 is 2.92. The topological polar surface area (TPSA) is 87.8 Å². The predicted octanol–water partition coefficient (Wildman–Crippen LogP) is 1.19. The molecule has 1 fully saturated rings. The van der Waals surface area contributed by atoms with Crippen molar-refractivity contribution in [2.45, 2.75) is 9.37 Å². The molecule has 1 aliphatic heterocycles. The fourth-order valence-electron chi connectivity index (χ4n) is 1.64. The molecule has 0 bridgehead atoms. The Balaban J connectivity index is 1.68. The van der Waals surface area contributed by atoms with Gasteiger partial charge in [-0.15, -0.1) is 10.2 Å². The number of ether oxygens (including phenoxy) is 1. The predicted molar refractivity (Wildman–Crippen MR) is 73.8 cm³/mol. The van der Waals surface area contributed by atoms with Crippen LogP contribution in [0.15, 0.2) is 21.8 Å². The average Bonchev–Trinajstić information content (AvgIpc) is 2.97. The highest BCUT2D eigenvalue weighted by Crippen LogP contribution is 2.32. The highest BCUT2D eigenvalue weighted by molar-refractivity contribution is 8.01. The highest BCUT2D eigenvalue weighted by Gasteiger charge is 2.16. The van der Waals surface area contributed by atoms with Crippen molar-refractivity contribution in [1.82, 2.24) is 20.2 Å². The monoisotopic (exact) mass is 306 g/mol. The molecule has 9 heteroatoms. The van der Waals surface area contributed by atoms with Gasteiger partial charge in [-0.1, -0.05) is 11.3 Å². The minimum absolute atomic E-state index is 0.306. The standard InChI is InChI=1S/C11H10N6OS2/c12-5-8-6-14-9(7-13-8)19-11-16-15-10(20-11)17-1-3-18-4-2-17/h6-7H,1-4H2. The van der Waals surface area contributed by atoms with Crippen LogP contribution in [0.4, 0.5) is 5.13 Å². The van der Waals surface area contributed by atoms with Gasteiger partial charge in [0.25, 0.3) is 0 Å². The summed E-state index contributed by atoms with van der Waals surface area (Å²) in [6, 6.07) is 1.94. The van der Waals surface area contributed by atoms with Crippen LogP contribution in [0.2, 0.25) is 0 Å². The molecule has 2 aromatic heterocycles. The first-order valence-electron chi connectivity index (χ1n) is 5.91. The number of nitrogens with zero attached hydrogens (tertiary/aromatic N) is 6. The van der Waals surface area contributed by atoms with Crippen LogP contribution in [-0.4, -0.2) is 46.5 Å². The molecule has 0 N–H and O–H groups in total. The van der Waals surface area contributed by atoms with Crippen LogP contribution in [0.3, 0.4) is 0 Å². The summed E-state index contributed by atoms with van der Waals surface area (Å²) in [4.78, 5) is 10.3. The van der Waals surface area contributed by atoms with E-state index in [0.29, 0.717) is 10.7 Å². The van der Waals surface area contributed by atoms with E-state index in [4.69, 9.17) is 10.00 Å². The van der Waals surface area contributed by atoms with Crippen molar-refractivity contribution in [3.05, 3.63) is 18.1 Å². The first kappa shape index (κ1) is 13.2. The Morgan fingerprint density at radius 3 is 2.80 bits per heavy atom. The molecular weight excluding hydrogens is 296 g/mol. The molecule has 3 rings (SSSR count). The van der Waals surface area contributed by atoms with E-state index in [2.05, 4.69) is 25.1 Å². The summed E-state index contributed by atoms with van der Waals surface area (Å²) in [5, 5.41) is 18.6. The van der Waals surface area contributed by atoms with E-state index in [9.17, 15) is 0 Å². The molecule has 0 unspecified atom stereocenters. The second-order valence-electron chi connectivity index (χ2n) is 3.90. The number of anilines is 1. The second kappa shape index (κ2) is 6.13. The molecule has 2 aromatic rings. The highest BCUT2D eigenvalue weighted by atomic mass is 32.2. The molecular formula is C11H10N6OS2. The van der Waals surface area contributed by atoms with Crippen LogP contribution in [0.5, 0.6) is 0 Å². The summed E-state index contributed by atoms with van der Waals surface area (Å²) in [5.41, 5.74) is 0.306. The van der Waals surface area contributed by atoms with Gasteiger partial charge in [0.2, 0.25) is 5.13 Å². The van der Waals surface area contributed by atoms with Crippen LogP contribution >= 0.6 is 23.1 Å². The third-order valence-corrected chi connectivity index (χ3v) is 4.57. The van der Waals surface area contributed by atoms with E-state index in [1.54, 1.807) is 6.20 Å². The molecule has 0 aromatic carbocycles. The van der Waals surface area contributed by atoms with Gasteiger partial charge in [-0.3, -0.25) is 0 Å². The van der Waals surface area contributed by atoms with E-state index in [0.717, 1.165) is 35.8 Å². The van der Waals surface area contributed by atoms with Gasteiger partial charge in [-0.25, -0.2) is 9.97 Å². The lowest BCUT2D eigenvalue weighted by molar-refractivity contribution is 0.122. The van der Waals surface area contributed by atoms with Crippen LogP contribution in [0.25, 0.3) is 0 Å². The molecule has 0 spiro atoms. The SMILES string of the molecule is N#Cc1cnc(Sc2nnc(N3CCOCC3)s2)cn1. The average molecular weight is 306 g/mol. The quantitative estimate of drug-likeness (QED) is 0.835. The van der Waals surface area contributed by atoms with Gasteiger partial charge < -0.3 is 9.64 Å². The van der Waals surface area contributed by atoms with E-state index in [1.165, 1.54) is 29.3 Å². The summed E-state index contributed by atoms with van der Waals surface area (Å²) in [6.45, 7) is 3.14. The van der Waals surface area contributed by atoms with E-state index >= 15 is 0 Å². The minimum atomic E-state index is 0.306. The number of hydrogen-bond donors (Lipinski definition) is 0. The summed E-state index contributed by atoms with van der Waals surface area (Å²) in [5.74, 6) is 0. The maximum atomic E-state index is 8.67. The Morgan fingerprint density at radius 2 is 2.10 bits per heavy atom. The number of morpholine rings is 1. The van der Waals surface area contributed by atoms with Crippen molar-refractivity contribution in [1.29, 1.82) is 5.26 Å². The van der Waals surface area contributed by atoms with Crippen molar-refractivity contribution in [2.75, 3.05) is 31.2 Å². The van der Waals surface area contributed by atoms with E-state index < -0.39 is 0 Å². The zero-order chi connectivity index (χ0) is 13.8. The fourth-order valence-corrected chi connectivity index (χ4v) is 3.39. The van der Waals surface area contributed by atoms with Crippen molar-refractivity contribution >= 4 is 28.2 Å². The molecule has 20 heavy (non-hydrogen) atoms. The van der Waals surface area contributed by atoms with Crippen LogP contribution in [0.1, 0.15) is 5.69 Å². The largest absolute Gasteiger partial charge is 0.378 e. The van der Waals surface area contributed by atoms with Crippen molar-refractivity contribution < 1.29 is 4.74 Å². The van der Waals surface area contributed by atoms with E-state index in [1.807, 2.05) is 6.07 Å². The molecule has 1 saturated heterocycles. The normalized spacial score (nSPS) is 15.1. The Morgan fingerprint density at radius 1 is 1.25 bits per heavy atom. The lowest BCUT2D eigenvalue weighted by Crippen LogP contribution is -2.36. The van der Waals surface area contributed by atoms with Crippen LogP contribution in [0, 0.1) is 11.3 Å². The first-order valence-corrected chi connectivity index (χ1v) is 7.54. The summed E-state index contributed by atoms with van der Waals surface area (Å²) in [6.07, 6.45) is 3.02. The van der Waals surface area contributed by atoms with Gasteiger partial charge in [-0.2, -0.15) is 5.26 Å². The number of hydrogen-bond acceptors (Lipinski definition) is 9. The molecule has 3 heterocycles. The molecule has 0 saturated carbocycles. The molecule has 0 radical (unpaired) electrons. The lowest BCUT2D eigenvalue weighted by atomic mass is 10.5. The Hall–Kier alpha value is -1.76. The van der Waals surface area contributed by atoms with Crippen molar-refractivity contribution in [2.24, 2.45) is 0 Å². The van der Waals surface area contributed by atoms with Gasteiger partial charge in [-0.05, 0) is 11.8 Å². The molecule has 0 aliphatic carbocycles. The van der Waals surface area contributed by atoms with Gasteiger partial charge >= 0.3 is 0 Å². The maximum absolute atomic E-state index is 8.67. The molecule has 102 valence electrons. The second-order valence-corrected chi connectivity index (χ2v) is 6.13. The molecule has 0 amide bonds. The van der Waals surface area contributed by atoms with Gasteiger partial charge in [0.15, 0.2) is 10.0 Å². The smallest absolute Gasteiger partial charge is 0.209 e. The Labute approximate surface area is 123 Å². The number of nitriles is 1. The minimum Gasteiger partial charge on any atom is -0.378 e. The summed E-state index contributed by atoms with van der Waals surface area (Å²) < 4.78 is 6.12. The van der Waals surface area contributed by atoms with Crippen molar-refractivity contribution in [3.63, 3.8) is 0 Å². The Bertz CT molecular complexity index is 617. The van der Waals surface area contributed by atoms with Crippen LogP contribution < -0.4 is 4.90 Å². The number of rotatable bonds is 3. The zero-order valence-corrected chi connectivity index (χ0v) is 12.0. The van der Waals surface area contributed by atoms with Crippen LogP contribution in [-0.2, 0) is 4.74 Å². The summed E-state index contributed by atoms with van der Waals surface area (Å²) in [7, 11) is 0. The van der Waals surface area contributed by atoms with Gasteiger partial charge in [0.05, 0.1) is 25.6 Å². The van der Waals surface area contributed by atoms with Gasteiger partial charge in [0, 0.05) is 13.1 Å². The van der Waals surface area contributed by atoms with Gasteiger partial charge in [0.1, 0.15) is 11.1 Å². The molecule has 0 atom stereocenters. The fraction of sp³-hybridized carbons (Fsp3) is 0.364. The van der Waals surface area contributed by atoms with E-state index in [-0.39, 0.29) is 0 Å². The molecule has 1 aliphatic rings. The first-order chi connectivity index (χ1) is 9.85. The molecule has 7 nitrogen and oxygen atoms in total. The Kier molecular flexibility index (Phi) is 4.05. The van der Waals surface area contributed by atoms with Crippen molar-refractivity contribution in [3.8, 4) is 6.07 Å². The maximum Gasteiger partial charge on any atom is 0.209 e. The number of aromatic nitrogens is 4. The third-order valence-electron chi connectivity index (χ3n) is 2.61. The lowest BCUT2D eigenvalue weighted by Gasteiger charge is -2.25.